The first-order valence-electron chi connectivity index (χ1n) is 7.58. The molecule has 1 aliphatic carbocycles. The predicted molar refractivity (Wildman–Crippen MR) is 83.9 cm³/mol. The van der Waals surface area contributed by atoms with Gasteiger partial charge in [-0.25, -0.2) is 9.67 Å². The highest BCUT2D eigenvalue weighted by atomic mass is 16.1. The SMILES string of the molecule is Cc1cc(C)n(-c2ccc(C(=O)NCC(N)C3CC3)cn2)n1. The molecule has 1 aliphatic rings. The summed E-state index contributed by atoms with van der Waals surface area (Å²) in [6, 6.07) is 5.61. The largest absolute Gasteiger partial charge is 0.350 e. The van der Waals surface area contributed by atoms with Crippen molar-refractivity contribution in [3.8, 4) is 5.82 Å². The molecule has 3 N–H and O–H groups in total. The maximum atomic E-state index is 12.1. The molecule has 3 rings (SSSR count). The van der Waals surface area contributed by atoms with E-state index in [-0.39, 0.29) is 11.9 Å². The van der Waals surface area contributed by atoms with E-state index in [0.29, 0.717) is 23.8 Å². The van der Waals surface area contributed by atoms with Gasteiger partial charge in [-0.3, -0.25) is 4.79 Å². The molecule has 116 valence electrons. The predicted octanol–water partition coefficient (Wildman–Crippen LogP) is 1.35. The molecular weight excluding hydrogens is 278 g/mol. The first-order chi connectivity index (χ1) is 10.5. The van der Waals surface area contributed by atoms with E-state index in [2.05, 4.69) is 15.4 Å². The summed E-state index contributed by atoms with van der Waals surface area (Å²) in [6.45, 7) is 4.43. The second-order valence-electron chi connectivity index (χ2n) is 5.96. The highest BCUT2D eigenvalue weighted by Gasteiger charge is 2.28. The molecule has 2 heterocycles. The molecule has 2 aromatic rings. The van der Waals surface area contributed by atoms with Gasteiger partial charge in [-0.15, -0.1) is 0 Å². The third-order valence-electron chi connectivity index (χ3n) is 3.96. The van der Waals surface area contributed by atoms with Gasteiger partial charge in [0.15, 0.2) is 5.82 Å². The molecule has 0 bridgehead atoms. The van der Waals surface area contributed by atoms with Gasteiger partial charge in [0.1, 0.15) is 0 Å². The van der Waals surface area contributed by atoms with Crippen LogP contribution in [0.4, 0.5) is 0 Å². The van der Waals surface area contributed by atoms with Gasteiger partial charge >= 0.3 is 0 Å². The van der Waals surface area contributed by atoms with E-state index in [4.69, 9.17) is 5.73 Å². The average Bonchev–Trinajstić information content (AvgIpc) is 3.30. The Morgan fingerprint density at radius 1 is 1.45 bits per heavy atom. The van der Waals surface area contributed by atoms with Crippen LogP contribution in [0.1, 0.15) is 34.6 Å². The van der Waals surface area contributed by atoms with Gasteiger partial charge in [-0.1, -0.05) is 0 Å². The van der Waals surface area contributed by atoms with Crippen LogP contribution in [0.25, 0.3) is 5.82 Å². The third-order valence-corrected chi connectivity index (χ3v) is 3.96. The second-order valence-corrected chi connectivity index (χ2v) is 5.96. The maximum Gasteiger partial charge on any atom is 0.252 e. The Hall–Kier alpha value is -2.21. The van der Waals surface area contributed by atoms with Crippen LogP contribution in [0.3, 0.4) is 0 Å². The highest BCUT2D eigenvalue weighted by molar-refractivity contribution is 5.93. The number of rotatable bonds is 5. The Bertz CT molecular complexity index is 672. The van der Waals surface area contributed by atoms with Crippen LogP contribution < -0.4 is 11.1 Å². The summed E-state index contributed by atoms with van der Waals surface area (Å²) < 4.78 is 1.76. The normalized spacial score (nSPS) is 15.6. The van der Waals surface area contributed by atoms with E-state index in [1.54, 1.807) is 23.0 Å². The summed E-state index contributed by atoms with van der Waals surface area (Å²) in [7, 11) is 0. The number of hydrogen-bond acceptors (Lipinski definition) is 4. The van der Waals surface area contributed by atoms with Crippen molar-refractivity contribution < 1.29 is 4.79 Å². The lowest BCUT2D eigenvalue weighted by Gasteiger charge is -2.11. The van der Waals surface area contributed by atoms with Gasteiger partial charge in [0.2, 0.25) is 0 Å². The fourth-order valence-electron chi connectivity index (χ4n) is 2.51. The number of carbonyl (C=O) groups excluding carboxylic acids is 1. The summed E-state index contributed by atoms with van der Waals surface area (Å²) >= 11 is 0. The molecule has 1 atom stereocenters. The van der Waals surface area contributed by atoms with E-state index >= 15 is 0 Å². The minimum atomic E-state index is -0.136. The molecule has 6 heteroatoms. The average molecular weight is 299 g/mol. The van der Waals surface area contributed by atoms with Crippen LogP contribution >= 0.6 is 0 Å². The standard InChI is InChI=1S/C16H21N5O/c1-10-7-11(2)21(20-10)15-6-5-13(8-18-15)16(22)19-9-14(17)12-3-4-12/h5-8,12,14H,3-4,9,17H2,1-2H3,(H,19,22). The molecule has 0 spiro atoms. The summed E-state index contributed by atoms with van der Waals surface area (Å²) in [6.07, 6.45) is 3.93. The lowest BCUT2D eigenvalue weighted by Crippen LogP contribution is -2.38. The summed E-state index contributed by atoms with van der Waals surface area (Å²) in [5, 5.41) is 7.25. The number of nitrogens with one attached hydrogen (secondary N) is 1. The molecule has 1 amide bonds. The van der Waals surface area contributed by atoms with Crippen molar-refractivity contribution in [3.63, 3.8) is 0 Å². The second kappa shape index (κ2) is 5.88. The summed E-state index contributed by atoms with van der Waals surface area (Å²) in [4.78, 5) is 16.4. The van der Waals surface area contributed by atoms with Gasteiger partial charge in [-0.2, -0.15) is 5.10 Å². The van der Waals surface area contributed by atoms with Crippen LogP contribution in [0, 0.1) is 19.8 Å². The van der Waals surface area contributed by atoms with Crippen LogP contribution in [0.2, 0.25) is 0 Å². The first kappa shape index (κ1) is 14.7. The molecule has 0 aliphatic heterocycles. The molecule has 1 fully saturated rings. The number of pyridine rings is 1. The number of nitrogens with zero attached hydrogens (tertiary/aromatic N) is 3. The summed E-state index contributed by atoms with van der Waals surface area (Å²) in [5.41, 5.74) is 8.47. The smallest absolute Gasteiger partial charge is 0.252 e. The Morgan fingerprint density at radius 3 is 2.77 bits per heavy atom. The number of amides is 1. The quantitative estimate of drug-likeness (QED) is 0.872. The van der Waals surface area contributed by atoms with Crippen molar-refractivity contribution in [2.75, 3.05) is 6.54 Å². The zero-order chi connectivity index (χ0) is 15.7. The minimum absolute atomic E-state index is 0.0610. The topological polar surface area (TPSA) is 85.8 Å². The Morgan fingerprint density at radius 2 is 2.23 bits per heavy atom. The zero-order valence-corrected chi connectivity index (χ0v) is 12.9. The van der Waals surface area contributed by atoms with Crippen LogP contribution in [-0.4, -0.2) is 33.3 Å². The van der Waals surface area contributed by atoms with Crippen molar-refractivity contribution in [2.24, 2.45) is 11.7 Å². The van der Waals surface area contributed by atoms with Crippen LogP contribution in [-0.2, 0) is 0 Å². The molecule has 1 saturated carbocycles. The number of nitrogens with two attached hydrogens (primary N) is 1. The molecule has 0 saturated heterocycles. The lowest BCUT2D eigenvalue weighted by atomic mass is 10.2. The minimum Gasteiger partial charge on any atom is -0.350 e. The van der Waals surface area contributed by atoms with Crippen molar-refractivity contribution in [1.82, 2.24) is 20.1 Å². The van der Waals surface area contributed by atoms with E-state index in [0.717, 1.165) is 11.4 Å². The maximum absolute atomic E-state index is 12.1. The molecule has 2 aromatic heterocycles. The monoisotopic (exact) mass is 299 g/mol. The zero-order valence-electron chi connectivity index (χ0n) is 12.9. The Balaban J connectivity index is 1.65. The molecule has 0 radical (unpaired) electrons. The third kappa shape index (κ3) is 3.17. The number of aromatic nitrogens is 3. The van der Waals surface area contributed by atoms with Crippen molar-refractivity contribution in [3.05, 3.63) is 41.3 Å². The van der Waals surface area contributed by atoms with E-state index in [1.165, 1.54) is 12.8 Å². The van der Waals surface area contributed by atoms with Crippen molar-refractivity contribution >= 4 is 5.91 Å². The Labute approximate surface area is 129 Å². The number of hydrogen-bond donors (Lipinski definition) is 2. The van der Waals surface area contributed by atoms with Crippen LogP contribution in [0.15, 0.2) is 24.4 Å². The van der Waals surface area contributed by atoms with E-state index in [1.807, 2.05) is 19.9 Å². The van der Waals surface area contributed by atoms with Gasteiger partial charge in [-0.05, 0) is 50.8 Å². The van der Waals surface area contributed by atoms with Gasteiger partial charge in [0, 0.05) is 24.5 Å². The highest BCUT2D eigenvalue weighted by Crippen LogP contribution is 2.31. The molecular formula is C16H21N5O. The van der Waals surface area contributed by atoms with Crippen molar-refractivity contribution in [1.29, 1.82) is 0 Å². The first-order valence-corrected chi connectivity index (χ1v) is 7.58. The molecule has 1 unspecified atom stereocenters. The van der Waals surface area contributed by atoms with E-state index < -0.39 is 0 Å². The fraction of sp³-hybridized carbons (Fsp3) is 0.438. The fourth-order valence-corrected chi connectivity index (χ4v) is 2.51. The van der Waals surface area contributed by atoms with Crippen LogP contribution in [0.5, 0.6) is 0 Å². The number of aryl methyl sites for hydroxylation is 2. The van der Waals surface area contributed by atoms with Crippen molar-refractivity contribution in [2.45, 2.75) is 32.7 Å². The van der Waals surface area contributed by atoms with Gasteiger partial charge in [0.25, 0.3) is 5.91 Å². The van der Waals surface area contributed by atoms with Gasteiger partial charge in [0.05, 0.1) is 11.3 Å². The molecule has 0 aromatic carbocycles. The Kier molecular flexibility index (Phi) is 3.94. The molecule has 22 heavy (non-hydrogen) atoms. The van der Waals surface area contributed by atoms with E-state index in [9.17, 15) is 4.79 Å². The lowest BCUT2D eigenvalue weighted by molar-refractivity contribution is 0.0950. The molecule has 6 nitrogen and oxygen atoms in total. The van der Waals surface area contributed by atoms with Gasteiger partial charge < -0.3 is 11.1 Å². The summed E-state index contributed by atoms with van der Waals surface area (Å²) in [5.74, 6) is 1.15. The number of carbonyl (C=O) groups is 1.